The summed E-state index contributed by atoms with van der Waals surface area (Å²) in [7, 11) is -2.86. The van der Waals surface area contributed by atoms with Gasteiger partial charge in [-0.3, -0.25) is 4.79 Å². The van der Waals surface area contributed by atoms with Crippen LogP contribution in [0, 0.1) is 5.92 Å². The average molecular weight is 248 g/mol. The van der Waals surface area contributed by atoms with E-state index in [2.05, 4.69) is 10.6 Å². The van der Waals surface area contributed by atoms with Crippen LogP contribution in [0.1, 0.15) is 19.8 Å². The highest BCUT2D eigenvalue weighted by molar-refractivity contribution is 7.91. The number of carbonyl (C=O) groups excluding carboxylic acids is 1. The maximum Gasteiger partial charge on any atom is 0.220 e. The molecule has 0 aromatic carbocycles. The second-order valence-corrected chi connectivity index (χ2v) is 6.41. The van der Waals surface area contributed by atoms with Gasteiger partial charge in [0, 0.05) is 19.5 Å². The maximum atomic E-state index is 11.4. The Hall–Kier alpha value is -0.620. The molecule has 94 valence electrons. The molecule has 0 bridgehead atoms. The molecule has 0 aromatic rings. The molecule has 0 spiro atoms. The summed E-state index contributed by atoms with van der Waals surface area (Å²) in [4.78, 5) is 11.4. The molecule has 0 radical (unpaired) electrons. The third-order valence-corrected chi connectivity index (χ3v) is 4.51. The molecule has 1 rings (SSSR count). The van der Waals surface area contributed by atoms with Crippen LogP contribution in [0.5, 0.6) is 0 Å². The second kappa shape index (κ2) is 6.20. The molecule has 16 heavy (non-hydrogen) atoms. The minimum atomic E-state index is -2.86. The van der Waals surface area contributed by atoms with Crippen molar-refractivity contribution in [1.29, 1.82) is 0 Å². The first-order chi connectivity index (χ1) is 7.53. The van der Waals surface area contributed by atoms with E-state index in [0.29, 0.717) is 19.4 Å². The predicted octanol–water partition coefficient (Wildman–Crippen LogP) is -0.463. The van der Waals surface area contributed by atoms with Crippen LogP contribution in [0.15, 0.2) is 0 Å². The number of amides is 1. The molecule has 0 aromatic heterocycles. The zero-order valence-electron chi connectivity index (χ0n) is 9.66. The van der Waals surface area contributed by atoms with Gasteiger partial charge in [-0.1, -0.05) is 6.92 Å². The second-order valence-electron chi connectivity index (χ2n) is 4.18. The van der Waals surface area contributed by atoms with E-state index < -0.39 is 9.84 Å². The van der Waals surface area contributed by atoms with Gasteiger partial charge in [0.15, 0.2) is 9.84 Å². The van der Waals surface area contributed by atoms with Crippen molar-refractivity contribution in [2.24, 2.45) is 5.92 Å². The van der Waals surface area contributed by atoms with Gasteiger partial charge in [-0.05, 0) is 18.9 Å². The first-order valence-electron chi connectivity index (χ1n) is 5.71. The van der Waals surface area contributed by atoms with E-state index >= 15 is 0 Å². The Morgan fingerprint density at radius 3 is 2.69 bits per heavy atom. The SMILES string of the molecule is CCNCCNC(=O)CC1CCS(=O)(=O)C1. The quantitative estimate of drug-likeness (QED) is 0.624. The van der Waals surface area contributed by atoms with Gasteiger partial charge in [0.25, 0.3) is 0 Å². The Morgan fingerprint density at radius 1 is 1.38 bits per heavy atom. The minimum absolute atomic E-state index is 0.0177. The Morgan fingerprint density at radius 2 is 2.12 bits per heavy atom. The Kier molecular flexibility index (Phi) is 5.21. The zero-order valence-corrected chi connectivity index (χ0v) is 10.5. The number of sulfone groups is 1. The molecule has 2 N–H and O–H groups in total. The van der Waals surface area contributed by atoms with Crippen molar-refractivity contribution >= 4 is 15.7 Å². The highest BCUT2D eigenvalue weighted by atomic mass is 32.2. The van der Waals surface area contributed by atoms with Crippen molar-refractivity contribution in [3.05, 3.63) is 0 Å². The fourth-order valence-corrected chi connectivity index (χ4v) is 3.70. The van der Waals surface area contributed by atoms with Crippen LogP contribution in [-0.2, 0) is 14.6 Å². The zero-order chi connectivity index (χ0) is 12.0. The van der Waals surface area contributed by atoms with Crippen LogP contribution in [-0.4, -0.2) is 45.5 Å². The first kappa shape index (κ1) is 13.4. The monoisotopic (exact) mass is 248 g/mol. The Bertz CT molecular complexity index is 327. The molecule has 0 saturated carbocycles. The largest absolute Gasteiger partial charge is 0.355 e. The van der Waals surface area contributed by atoms with Gasteiger partial charge in [-0.15, -0.1) is 0 Å². The molecule has 5 nitrogen and oxygen atoms in total. The normalized spacial score (nSPS) is 23.2. The van der Waals surface area contributed by atoms with Crippen LogP contribution in [0.3, 0.4) is 0 Å². The molecular weight excluding hydrogens is 228 g/mol. The first-order valence-corrected chi connectivity index (χ1v) is 7.53. The van der Waals surface area contributed by atoms with E-state index in [4.69, 9.17) is 0 Å². The molecule has 1 amide bonds. The fraction of sp³-hybridized carbons (Fsp3) is 0.900. The van der Waals surface area contributed by atoms with Crippen molar-refractivity contribution in [3.8, 4) is 0 Å². The molecule has 1 unspecified atom stereocenters. The number of rotatable bonds is 6. The molecule has 0 aliphatic carbocycles. The molecule has 1 saturated heterocycles. The van der Waals surface area contributed by atoms with Crippen LogP contribution >= 0.6 is 0 Å². The van der Waals surface area contributed by atoms with E-state index in [1.54, 1.807) is 0 Å². The number of hydrogen-bond donors (Lipinski definition) is 2. The molecule has 1 fully saturated rings. The van der Waals surface area contributed by atoms with Gasteiger partial charge in [0.2, 0.25) is 5.91 Å². The molecule has 1 heterocycles. The van der Waals surface area contributed by atoms with E-state index in [9.17, 15) is 13.2 Å². The highest BCUT2D eigenvalue weighted by Crippen LogP contribution is 2.21. The molecule has 1 atom stereocenters. The fourth-order valence-electron chi connectivity index (χ4n) is 1.83. The molecule has 1 aliphatic heterocycles. The lowest BCUT2D eigenvalue weighted by molar-refractivity contribution is -0.121. The van der Waals surface area contributed by atoms with E-state index in [1.165, 1.54) is 0 Å². The maximum absolute atomic E-state index is 11.4. The molecular formula is C10H20N2O3S. The van der Waals surface area contributed by atoms with Crippen molar-refractivity contribution in [3.63, 3.8) is 0 Å². The number of carbonyl (C=O) groups is 1. The van der Waals surface area contributed by atoms with Crippen molar-refractivity contribution in [2.75, 3.05) is 31.1 Å². The number of hydrogen-bond acceptors (Lipinski definition) is 4. The smallest absolute Gasteiger partial charge is 0.220 e. The van der Waals surface area contributed by atoms with Gasteiger partial charge in [-0.25, -0.2) is 8.42 Å². The Balaban J connectivity index is 2.15. The van der Waals surface area contributed by atoms with Crippen LogP contribution in [0.25, 0.3) is 0 Å². The highest BCUT2D eigenvalue weighted by Gasteiger charge is 2.29. The number of likely N-dealkylation sites (N-methyl/N-ethyl adjacent to an activating group) is 1. The topological polar surface area (TPSA) is 75.3 Å². The summed E-state index contributed by atoms with van der Waals surface area (Å²) < 4.78 is 22.4. The van der Waals surface area contributed by atoms with Gasteiger partial charge < -0.3 is 10.6 Å². The lowest BCUT2D eigenvalue weighted by Gasteiger charge is -2.08. The third-order valence-electron chi connectivity index (χ3n) is 2.67. The molecule has 1 aliphatic rings. The summed E-state index contributed by atoms with van der Waals surface area (Å²) in [5.41, 5.74) is 0. The van der Waals surface area contributed by atoms with Crippen LogP contribution in [0.2, 0.25) is 0 Å². The van der Waals surface area contributed by atoms with Crippen molar-refractivity contribution in [2.45, 2.75) is 19.8 Å². The number of nitrogens with one attached hydrogen (secondary N) is 2. The standard InChI is InChI=1S/C10H20N2O3S/c1-2-11-4-5-12-10(13)7-9-3-6-16(14,15)8-9/h9,11H,2-8H2,1H3,(H,12,13). The summed E-state index contributed by atoms with van der Waals surface area (Å²) in [5, 5.41) is 5.88. The van der Waals surface area contributed by atoms with Crippen LogP contribution in [0.4, 0.5) is 0 Å². The summed E-state index contributed by atoms with van der Waals surface area (Å²) in [6, 6.07) is 0. The van der Waals surface area contributed by atoms with Crippen molar-refractivity contribution < 1.29 is 13.2 Å². The minimum Gasteiger partial charge on any atom is -0.355 e. The summed E-state index contributed by atoms with van der Waals surface area (Å²) >= 11 is 0. The molecule has 6 heteroatoms. The average Bonchev–Trinajstić information content (AvgIpc) is 2.53. The Labute approximate surface area is 96.9 Å². The van der Waals surface area contributed by atoms with E-state index in [0.717, 1.165) is 13.1 Å². The third kappa shape index (κ3) is 4.94. The van der Waals surface area contributed by atoms with Crippen LogP contribution < -0.4 is 10.6 Å². The van der Waals surface area contributed by atoms with Gasteiger partial charge in [-0.2, -0.15) is 0 Å². The van der Waals surface area contributed by atoms with Crippen molar-refractivity contribution in [1.82, 2.24) is 10.6 Å². The van der Waals surface area contributed by atoms with E-state index in [-0.39, 0.29) is 23.3 Å². The predicted molar refractivity (Wildman–Crippen MR) is 62.9 cm³/mol. The lowest BCUT2D eigenvalue weighted by Crippen LogP contribution is -2.32. The summed E-state index contributed by atoms with van der Waals surface area (Å²) in [6.45, 7) is 4.25. The van der Waals surface area contributed by atoms with Gasteiger partial charge >= 0.3 is 0 Å². The summed E-state index contributed by atoms with van der Waals surface area (Å²) in [6.07, 6.45) is 0.967. The summed E-state index contributed by atoms with van der Waals surface area (Å²) in [5.74, 6) is 0.389. The van der Waals surface area contributed by atoms with E-state index in [1.807, 2.05) is 6.92 Å². The lowest BCUT2D eigenvalue weighted by atomic mass is 10.1. The van der Waals surface area contributed by atoms with Gasteiger partial charge in [0.1, 0.15) is 0 Å². The van der Waals surface area contributed by atoms with Gasteiger partial charge in [0.05, 0.1) is 11.5 Å².